The Morgan fingerprint density at radius 2 is 2.38 bits per heavy atom. The molecule has 1 unspecified atom stereocenters. The van der Waals surface area contributed by atoms with Gasteiger partial charge in [-0.3, -0.25) is 14.6 Å². The molecule has 1 heterocycles. The van der Waals surface area contributed by atoms with Gasteiger partial charge in [0, 0.05) is 24.9 Å². The Labute approximate surface area is 94.1 Å². The van der Waals surface area contributed by atoms with E-state index in [0.29, 0.717) is 6.54 Å². The van der Waals surface area contributed by atoms with Crippen molar-refractivity contribution in [1.82, 2.24) is 10.3 Å². The molecule has 1 aromatic rings. The number of carbonyl (C=O) groups is 2. The molecule has 5 nitrogen and oxygen atoms in total. The van der Waals surface area contributed by atoms with E-state index in [1.54, 1.807) is 25.4 Å². The van der Waals surface area contributed by atoms with E-state index < -0.39 is 11.8 Å². The second-order valence-corrected chi connectivity index (χ2v) is 3.44. The van der Waals surface area contributed by atoms with E-state index in [1.165, 1.54) is 6.42 Å². The number of hydrogen-bond donors (Lipinski definition) is 2. The summed E-state index contributed by atoms with van der Waals surface area (Å²) in [5.74, 6) is -1.39. The van der Waals surface area contributed by atoms with E-state index in [-0.39, 0.29) is 5.91 Å². The molecule has 16 heavy (non-hydrogen) atoms. The van der Waals surface area contributed by atoms with Crippen LogP contribution < -0.4 is 11.1 Å². The predicted molar refractivity (Wildman–Crippen MR) is 58.7 cm³/mol. The van der Waals surface area contributed by atoms with Gasteiger partial charge in [0.15, 0.2) is 0 Å². The number of pyridine rings is 1. The Morgan fingerprint density at radius 3 is 2.94 bits per heavy atom. The van der Waals surface area contributed by atoms with Gasteiger partial charge in [-0.05, 0) is 11.6 Å². The minimum absolute atomic E-state index is 0.310. The Balaban J connectivity index is 2.33. The SMILES string of the molecule is CC([CH]C(=O)NCc1cccnc1)C(N)=O. The summed E-state index contributed by atoms with van der Waals surface area (Å²) in [6.07, 6.45) is 4.59. The molecule has 0 fully saturated rings. The molecule has 1 rings (SSSR count). The van der Waals surface area contributed by atoms with E-state index >= 15 is 0 Å². The van der Waals surface area contributed by atoms with Crippen molar-refractivity contribution in [2.75, 3.05) is 0 Å². The smallest absolute Gasteiger partial charge is 0.225 e. The molecule has 0 saturated heterocycles. The summed E-state index contributed by atoms with van der Waals surface area (Å²) in [5, 5.41) is 2.64. The topological polar surface area (TPSA) is 85.1 Å². The number of hydrogen-bond acceptors (Lipinski definition) is 3. The van der Waals surface area contributed by atoms with Crippen LogP contribution in [0.4, 0.5) is 0 Å². The van der Waals surface area contributed by atoms with Crippen LogP contribution in [-0.4, -0.2) is 16.8 Å². The third kappa shape index (κ3) is 4.08. The molecule has 5 heteroatoms. The lowest BCUT2D eigenvalue weighted by Crippen LogP contribution is -2.30. The second-order valence-electron chi connectivity index (χ2n) is 3.44. The summed E-state index contributed by atoms with van der Waals surface area (Å²) >= 11 is 0. The summed E-state index contributed by atoms with van der Waals surface area (Å²) in [6, 6.07) is 3.64. The number of primary amides is 1. The normalized spacial score (nSPS) is 11.8. The van der Waals surface area contributed by atoms with Crippen LogP contribution in [0.1, 0.15) is 12.5 Å². The highest BCUT2D eigenvalue weighted by Crippen LogP contribution is 1.99. The number of nitrogens with two attached hydrogens (primary N) is 1. The lowest BCUT2D eigenvalue weighted by atomic mass is 10.1. The van der Waals surface area contributed by atoms with Gasteiger partial charge in [-0.15, -0.1) is 0 Å². The molecule has 1 atom stereocenters. The van der Waals surface area contributed by atoms with Crippen molar-refractivity contribution in [1.29, 1.82) is 0 Å². The first-order valence-corrected chi connectivity index (χ1v) is 4.90. The van der Waals surface area contributed by atoms with E-state index in [0.717, 1.165) is 5.56 Å². The Bertz CT molecular complexity index is 365. The average molecular weight is 220 g/mol. The summed E-state index contributed by atoms with van der Waals surface area (Å²) in [7, 11) is 0. The van der Waals surface area contributed by atoms with Gasteiger partial charge in [-0.2, -0.15) is 0 Å². The largest absolute Gasteiger partial charge is 0.369 e. The Morgan fingerprint density at radius 1 is 1.62 bits per heavy atom. The van der Waals surface area contributed by atoms with Gasteiger partial charge in [0.1, 0.15) is 0 Å². The maximum Gasteiger partial charge on any atom is 0.225 e. The molecule has 0 aliphatic heterocycles. The van der Waals surface area contributed by atoms with Gasteiger partial charge in [-0.25, -0.2) is 0 Å². The standard InChI is InChI=1S/C11H14N3O2/c1-8(11(12)16)5-10(15)14-7-9-3-2-4-13-6-9/h2-6,8H,7H2,1H3,(H2,12,16)(H,14,15). The van der Waals surface area contributed by atoms with Gasteiger partial charge in [0.2, 0.25) is 11.8 Å². The number of amides is 2. The zero-order valence-electron chi connectivity index (χ0n) is 9.01. The lowest BCUT2D eigenvalue weighted by molar-refractivity contribution is -0.124. The van der Waals surface area contributed by atoms with Crippen molar-refractivity contribution >= 4 is 11.8 Å². The van der Waals surface area contributed by atoms with Crippen LogP contribution >= 0.6 is 0 Å². The third-order valence-electron chi connectivity index (χ3n) is 2.04. The molecule has 0 aromatic carbocycles. The second kappa shape index (κ2) is 5.85. The van der Waals surface area contributed by atoms with Crippen molar-refractivity contribution in [3.63, 3.8) is 0 Å². The number of nitrogens with one attached hydrogen (secondary N) is 1. The van der Waals surface area contributed by atoms with E-state index in [1.807, 2.05) is 6.07 Å². The predicted octanol–water partition coefficient (Wildman–Crippen LogP) is 0.0235. The van der Waals surface area contributed by atoms with Gasteiger partial charge >= 0.3 is 0 Å². The zero-order chi connectivity index (χ0) is 12.0. The number of nitrogens with zero attached hydrogens (tertiary/aromatic N) is 1. The quantitative estimate of drug-likeness (QED) is 0.733. The molecular weight excluding hydrogens is 206 g/mol. The summed E-state index contributed by atoms with van der Waals surface area (Å²) in [6.45, 7) is 1.96. The van der Waals surface area contributed by atoms with E-state index in [2.05, 4.69) is 10.3 Å². The van der Waals surface area contributed by atoms with Crippen LogP contribution in [0.15, 0.2) is 24.5 Å². The van der Waals surface area contributed by atoms with Crippen LogP contribution in [0.3, 0.4) is 0 Å². The summed E-state index contributed by atoms with van der Waals surface area (Å²) in [5.41, 5.74) is 5.93. The number of rotatable bonds is 5. The molecule has 1 radical (unpaired) electrons. The van der Waals surface area contributed by atoms with Gasteiger partial charge in [-0.1, -0.05) is 13.0 Å². The molecule has 0 bridgehead atoms. The van der Waals surface area contributed by atoms with Crippen molar-refractivity contribution in [2.45, 2.75) is 13.5 Å². The van der Waals surface area contributed by atoms with Crippen molar-refractivity contribution in [2.24, 2.45) is 11.7 Å². The molecular formula is C11H14N3O2. The molecule has 0 aliphatic carbocycles. The highest BCUT2D eigenvalue weighted by molar-refractivity contribution is 5.91. The molecule has 0 saturated carbocycles. The van der Waals surface area contributed by atoms with Crippen molar-refractivity contribution in [3.05, 3.63) is 36.5 Å². The highest BCUT2D eigenvalue weighted by atomic mass is 16.2. The first-order valence-electron chi connectivity index (χ1n) is 4.90. The van der Waals surface area contributed by atoms with Crippen LogP contribution in [-0.2, 0) is 16.1 Å². The highest BCUT2D eigenvalue weighted by Gasteiger charge is 2.13. The summed E-state index contributed by atoms with van der Waals surface area (Å²) < 4.78 is 0. The monoisotopic (exact) mass is 220 g/mol. The van der Waals surface area contributed by atoms with Gasteiger partial charge in [0.25, 0.3) is 0 Å². The molecule has 0 spiro atoms. The lowest BCUT2D eigenvalue weighted by Gasteiger charge is -2.07. The molecule has 2 amide bonds. The fourth-order valence-electron chi connectivity index (χ4n) is 1.06. The average Bonchev–Trinajstić information content (AvgIpc) is 2.27. The fraction of sp³-hybridized carbons (Fsp3) is 0.273. The maximum absolute atomic E-state index is 11.3. The minimum Gasteiger partial charge on any atom is -0.369 e. The zero-order valence-corrected chi connectivity index (χ0v) is 9.01. The van der Waals surface area contributed by atoms with Crippen LogP contribution in [0, 0.1) is 12.3 Å². The molecule has 3 N–H and O–H groups in total. The fourth-order valence-corrected chi connectivity index (χ4v) is 1.06. The first-order chi connectivity index (χ1) is 7.59. The van der Waals surface area contributed by atoms with Crippen LogP contribution in [0.25, 0.3) is 0 Å². The Hall–Kier alpha value is -1.91. The third-order valence-corrected chi connectivity index (χ3v) is 2.04. The van der Waals surface area contributed by atoms with Crippen LogP contribution in [0.2, 0.25) is 0 Å². The van der Waals surface area contributed by atoms with Crippen molar-refractivity contribution in [3.8, 4) is 0 Å². The molecule has 0 aliphatic rings. The molecule has 85 valence electrons. The molecule has 1 aromatic heterocycles. The van der Waals surface area contributed by atoms with Crippen molar-refractivity contribution < 1.29 is 9.59 Å². The Kier molecular flexibility index (Phi) is 4.44. The van der Waals surface area contributed by atoms with E-state index in [9.17, 15) is 9.59 Å². The number of aromatic nitrogens is 1. The van der Waals surface area contributed by atoms with Crippen LogP contribution in [0.5, 0.6) is 0 Å². The maximum atomic E-state index is 11.3. The first kappa shape index (κ1) is 12.2. The summed E-state index contributed by atoms with van der Waals surface area (Å²) in [4.78, 5) is 26.0. The van der Waals surface area contributed by atoms with E-state index in [4.69, 9.17) is 5.73 Å². The van der Waals surface area contributed by atoms with Gasteiger partial charge < -0.3 is 11.1 Å². The minimum atomic E-state index is -0.561. The van der Waals surface area contributed by atoms with Gasteiger partial charge in [0.05, 0.1) is 6.42 Å². The number of carbonyl (C=O) groups excluding carboxylic acids is 2.